The maximum atomic E-state index is 11.8. The van der Waals surface area contributed by atoms with Gasteiger partial charge in [0.05, 0.1) is 18.4 Å². The van der Waals surface area contributed by atoms with Crippen molar-refractivity contribution in [3.63, 3.8) is 0 Å². The van der Waals surface area contributed by atoms with E-state index in [1.54, 1.807) is 0 Å². The number of aromatic nitrogens is 2. The molecule has 0 unspecified atom stereocenters. The molecule has 0 spiro atoms. The van der Waals surface area contributed by atoms with Crippen LogP contribution in [0.2, 0.25) is 6.32 Å². The minimum Gasteiger partial charge on any atom is -0.535 e. The third-order valence-corrected chi connectivity index (χ3v) is 4.42. The minimum atomic E-state index is -1.05. The molecule has 0 amide bonds. The summed E-state index contributed by atoms with van der Waals surface area (Å²) in [6.07, 6.45) is 2.90. The number of aromatic carboxylic acids is 1. The van der Waals surface area contributed by atoms with Crippen LogP contribution in [0.1, 0.15) is 32.7 Å². The molecule has 0 bridgehead atoms. The first kappa shape index (κ1) is 14.3. The van der Waals surface area contributed by atoms with Gasteiger partial charge in [0, 0.05) is 18.7 Å². The van der Waals surface area contributed by atoms with Crippen LogP contribution in [0.15, 0.2) is 18.3 Å². The first-order valence-electron chi connectivity index (χ1n) is 7.60. The first-order valence-corrected chi connectivity index (χ1v) is 7.60. The van der Waals surface area contributed by atoms with E-state index in [4.69, 9.17) is 4.65 Å². The second-order valence-corrected chi connectivity index (χ2v) is 5.88. The monoisotopic (exact) mass is 313 g/mol. The van der Waals surface area contributed by atoms with Crippen molar-refractivity contribution < 1.29 is 19.6 Å². The Labute approximate surface area is 133 Å². The molecule has 2 aromatic rings. The second-order valence-electron chi connectivity index (χ2n) is 5.88. The van der Waals surface area contributed by atoms with Crippen LogP contribution < -0.4 is 9.97 Å². The largest absolute Gasteiger partial charge is 0.535 e. The maximum absolute atomic E-state index is 11.8. The van der Waals surface area contributed by atoms with E-state index in [1.807, 2.05) is 23.0 Å². The van der Waals surface area contributed by atoms with Crippen LogP contribution >= 0.6 is 0 Å². The Morgan fingerprint density at radius 3 is 3.09 bits per heavy atom. The van der Waals surface area contributed by atoms with Gasteiger partial charge in [-0.15, -0.1) is 0 Å². The average molecular weight is 313 g/mol. The van der Waals surface area contributed by atoms with E-state index in [9.17, 15) is 14.9 Å². The summed E-state index contributed by atoms with van der Waals surface area (Å²) in [6, 6.07) is 3.70. The molecule has 1 aromatic carbocycles. The molecular formula is C15H16BN3O4. The third kappa shape index (κ3) is 2.40. The summed E-state index contributed by atoms with van der Waals surface area (Å²) in [5, 5.41) is 26.9. The summed E-state index contributed by atoms with van der Waals surface area (Å²) in [5.41, 5.74) is 3.80. The van der Waals surface area contributed by atoms with Gasteiger partial charge in [-0.05, 0) is 23.9 Å². The van der Waals surface area contributed by atoms with Gasteiger partial charge >= 0.3 is 13.1 Å². The fourth-order valence-electron chi connectivity index (χ4n) is 3.25. The number of rotatable bonds is 3. The summed E-state index contributed by atoms with van der Waals surface area (Å²) in [5.74, 6) is -0.761. The quantitative estimate of drug-likeness (QED) is 0.720. The molecule has 0 radical (unpaired) electrons. The Morgan fingerprint density at radius 1 is 1.39 bits per heavy atom. The molecule has 4 rings (SSSR count). The fraction of sp³-hybridized carbons (Fsp3) is 0.333. The van der Waals surface area contributed by atoms with Gasteiger partial charge in [0.2, 0.25) is 0 Å². The van der Waals surface area contributed by atoms with E-state index in [0.717, 1.165) is 29.9 Å². The van der Waals surface area contributed by atoms with Crippen LogP contribution in [-0.4, -0.2) is 33.0 Å². The highest BCUT2D eigenvalue weighted by Gasteiger charge is 2.29. The van der Waals surface area contributed by atoms with Crippen LogP contribution in [0.4, 0.5) is 0 Å². The number of carbonyl (C=O) groups is 1. The molecule has 0 aliphatic carbocycles. The summed E-state index contributed by atoms with van der Waals surface area (Å²) in [4.78, 5) is 11.8. The lowest BCUT2D eigenvalue weighted by molar-refractivity contribution is 0.0693. The van der Waals surface area contributed by atoms with E-state index in [1.165, 1.54) is 0 Å². The Morgan fingerprint density at radius 2 is 2.26 bits per heavy atom. The number of benzene rings is 1. The van der Waals surface area contributed by atoms with Crippen molar-refractivity contribution in [3.05, 3.63) is 46.3 Å². The van der Waals surface area contributed by atoms with Crippen molar-refractivity contribution in [1.82, 2.24) is 15.1 Å². The van der Waals surface area contributed by atoms with Crippen LogP contribution in [0.5, 0.6) is 5.75 Å². The van der Waals surface area contributed by atoms with Crippen molar-refractivity contribution in [1.29, 1.82) is 0 Å². The first-order chi connectivity index (χ1) is 11.1. The molecule has 0 saturated carbocycles. The highest BCUT2D eigenvalue weighted by atomic mass is 16.5. The Bertz CT molecular complexity index is 789. The standard InChI is InChI=1S/C15H16BN3O4/c20-15(21)13-10(2-1-9-3-4-16(22)23-14(9)13)8-19-12-7-17-5-11(12)6-18-19/h1-2,6,17,22H,3-5,7-8H2,(H,20,21). The van der Waals surface area contributed by atoms with E-state index >= 15 is 0 Å². The molecule has 3 heterocycles. The Balaban J connectivity index is 1.76. The Hall–Kier alpha value is -2.32. The Kier molecular flexibility index (Phi) is 3.35. The zero-order valence-electron chi connectivity index (χ0n) is 12.5. The molecule has 2 aliphatic heterocycles. The lowest BCUT2D eigenvalue weighted by Gasteiger charge is -2.23. The summed E-state index contributed by atoms with van der Waals surface area (Å²) >= 11 is 0. The zero-order chi connectivity index (χ0) is 16.0. The molecule has 3 N–H and O–H groups in total. The molecule has 118 valence electrons. The van der Waals surface area contributed by atoms with Gasteiger partial charge in [-0.1, -0.05) is 12.1 Å². The van der Waals surface area contributed by atoms with Crippen LogP contribution in [0.3, 0.4) is 0 Å². The van der Waals surface area contributed by atoms with Crippen molar-refractivity contribution in [3.8, 4) is 5.75 Å². The number of nitrogens with zero attached hydrogens (tertiary/aromatic N) is 2. The molecule has 8 heteroatoms. The highest BCUT2D eigenvalue weighted by molar-refractivity contribution is 6.44. The third-order valence-electron chi connectivity index (χ3n) is 4.42. The van der Waals surface area contributed by atoms with Gasteiger partial charge in [0.15, 0.2) is 0 Å². The maximum Gasteiger partial charge on any atom is 0.522 e. The molecule has 2 aliphatic rings. The van der Waals surface area contributed by atoms with Crippen LogP contribution in [0.25, 0.3) is 0 Å². The molecule has 0 fully saturated rings. The molecule has 0 saturated heterocycles. The van der Waals surface area contributed by atoms with Gasteiger partial charge in [-0.2, -0.15) is 5.10 Å². The summed E-state index contributed by atoms with van der Waals surface area (Å²) < 4.78 is 7.23. The lowest BCUT2D eigenvalue weighted by Crippen LogP contribution is -2.28. The lowest BCUT2D eigenvalue weighted by atomic mass is 9.78. The molecule has 7 nitrogen and oxygen atoms in total. The molecule has 23 heavy (non-hydrogen) atoms. The van der Waals surface area contributed by atoms with E-state index in [-0.39, 0.29) is 11.3 Å². The predicted octanol–water partition coefficient (Wildman–Crippen LogP) is 0.648. The number of hydrogen-bond acceptors (Lipinski definition) is 5. The SMILES string of the molecule is O=C(O)c1c(Cn2ncc3c2CNC3)ccc2c1OB(O)CC2. The number of carboxylic acids is 1. The topological polar surface area (TPSA) is 96.6 Å². The number of nitrogens with one attached hydrogen (secondary N) is 1. The van der Waals surface area contributed by atoms with Crippen molar-refractivity contribution >= 4 is 13.1 Å². The van der Waals surface area contributed by atoms with Gasteiger partial charge in [0.25, 0.3) is 0 Å². The highest BCUT2D eigenvalue weighted by Crippen LogP contribution is 2.33. The van der Waals surface area contributed by atoms with E-state index < -0.39 is 13.1 Å². The van der Waals surface area contributed by atoms with Gasteiger partial charge in [-0.25, -0.2) is 4.79 Å². The number of fused-ring (bicyclic) bond motifs is 2. The van der Waals surface area contributed by atoms with Crippen molar-refractivity contribution in [2.24, 2.45) is 0 Å². The van der Waals surface area contributed by atoms with E-state index in [0.29, 0.717) is 24.8 Å². The zero-order valence-corrected chi connectivity index (χ0v) is 12.5. The molecule has 1 aromatic heterocycles. The fourth-order valence-corrected chi connectivity index (χ4v) is 3.25. The predicted molar refractivity (Wildman–Crippen MR) is 82.4 cm³/mol. The van der Waals surface area contributed by atoms with Crippen molar-refractivity contribution in [2.75, 3.05) is 0 Å². The normalized spacial score (nSPS) is 16.0. The van der Waals surface area contributed by atoms with Gasteiger partial charge < -0.3 is 20.1 Å². The number of carboxylic acid groups (broad SMARTS) is 1. The molecular weight excluding hydrogens is 297 g/mol. The van der Waals surface area contributed by atoms with E-state index in [2.05, 4.69) is 10.4 Å². The second kappa shape index (κ2) is 5.40. The summed E-state index contributed by atoms with van der Waals surface area (Å²) in [6.45, 7) is 1.89. The smallest absolute Gasteiger partial charge is 0.522 e. The van der Waals surface area contributed by atoms with Crippen molar-refractivity contribution in [2.45, 2.75) is 32.4 Å². The molecule has 0 atom stereocenters. The van der Waals surface area contributed by atoms with Crippen LogP contribution in [0, 0.1) is 0 Å². The average Bonchev–Trinajstić information content (AvgIpc) is 3.11. The minimum absolute atomic E-state index is 0.122. The van der Waals surface area contributed by atoms with Crippen LogP contribution in [-0.2, 0) is 26.1 Å². The number of hydrogen-bond donors (Lipinski definition) is 3. The number of aryl methyl sites for hydroxylation is 1. The van der Waals surface area contributed by atoms with Gasteiger partial charge in [-0.3, -0.25) is 4.68 Å². The summed E-state index contributed by atoms with van der Waals surface area (Å²) in [7, 11) is -0.950. The van der Waals surface area contributed by atoms with Gasteiger partial charge in [0.1, 0.15) is 11.3 Å².